The van der Waals surface area contributed by atoms with Crippen LogP contribution in [-0.4, -0.2) is 64.9 Å². The first-order chi connectivity index (χ1) is 22.4. The van der Waals surface area contributed by atoms with Gasteiger partial charge in [-0.1, -0.05) is 54.6 Å². The third kappa shape index (κ3) is 8.80. The summed E-state index contributed by atoms with van der Waals surface area (Å²) < 4.78 is 5.40. The molecule has 2 aromatic heterocycles. The molecule has 0 aliphatic carbocycles. The van der Waals surface area contributed by atoms with Crippen LogP contribution in [0.15, 0.2) is 85.2 Å². The molecule has 240 valence electrons. The minimum atomic E-state index is -0.231. The summed E-state index contributed by atoms with van der Waals surface area (Å²) in [6, 6.07) is 24.6. The molecule has 8 heteroatoms. The molecule has 1 saturated heterocycles. The van der Waals surface area contributed by atoms with Gasteiger partial charge < -0.3 is 25.3 Å². The van der Waals surface area contributed by atoms with Crippen LogP contribution in [0, 0.1) is 12.8 Å². The highest BCUT2D eigenvalue weighted by Gasteiger charge is 2.23. The fourth-order valence-electron chi connectivity index (χ4n) is 6.24. The standard InChI is InChI=1S/C21H24N2O2.C15H19N3O.C2H2/c1-16(24)23(15-18-8-3-6-12-21(18)25-2)13-7-9-17-14-22-20-11-5-4-10-19(17)20;16-15(19)10-18-7-5-11(6-8-18)13-9-17-14-4-2-1-3-12(13)14;1-2/h3-6,8,10-12,14,22H,7,9,13,15H2,1-2H3;1-4,9,11,17H,5-8,10H2,(H2,16,19);1-2H. The van der Waals surface area contributed by atoms with Gasteiger partial charge in [-0.3, -0.25) is 14.5 Å². The van der Waals surface area contributed by atoms with Crippen LogP contribution in [0.25, 0.3) is 21.8 Å². The Kier molecular flexibility index (Phi) is 12.4. The first-order valence-corrected chi connectivity index (χ1v) is 15.7. The number of aromatic nitrogens is 2. The van der Waals surface area contributed by atoms with Crippen molar-refractivity contribution in [2.24, 2.45) is 5.73 Å². The summed E-state index contributed by atoms with van der Waals surface area (Å²) in [7, 11) is 1.66. The SMILES string of the molecule is C#C.COc1ccccc1CN(CCCc1c[nH]c2ccccc12)C(C)=O.NC(=O)CN1CCC(c2c[nH]c3ccccc23)CC1. The minimum absolute atomic E-state index is 0.0878. The van der Waals surface area contributed by atoms with E-state index in [-0.39, 0.29) is 11.8 Å². The van der Waals surface area contributed by atoms with Crippen LogP contribution in [0.3, 0.4) is 0 Å². The Morgan fingerprint density at radius 2 is 1.50 bits per heavy atom. The molecule has 6 rings (SSSR count). The molecule has 46 heavy (non-hydrogen) atoms. The molecule has 1 fully saturated rings. The number of hydrogen-bond donors (Lipinski definition) is 3. The van der Waals surface area contributed by atoms with Gasteiger partial charge in [0.05, 0.1) is 13.7 Å². The number of methoxy groups -OCH3 is 1. The molecule has 0 unspecified atom stereocenters. The molecular formula is C38H45N5O3. The van der Waals surface area contributed by atoms with Crippen molar-refractivity contribution in [3.05, 3.63) is 102 Å². The first-order valence-electron chi connectivity index (χ1n) is 15.7. The Morgan fingerprint density at radius 3 is 2.17 bits per heavy atom. The lowest BCUT2D eigenvalue weighted by molar-refractivity contribution is -0.129. The van der Waals surface area contributed by atoms with Gasteiger partial charge in [0.2, 0.25) is 11.8 Å². The van der Waals surface area contributed by atoms with E-state index in [1.165, 1.54) is 27.4 Å². The van der Waals surface area contributed by atoms with E-state index in [0.29, 0.717) is 19.0 Å². The number of para-hydroxylation sites is 3. The molecule has 0 bridgehead atoms. The number of benzene rings is 3. The fraction of sp³-hybridized carbons (Fsp3) is 0.316. The van der Waals surface area contributed by atoms with Crippen molar-refractivity contribution in [2.75, 3.05) is 33.3 Å². The van der Waals surface area contributed by atoms with Crippen molar-refractivity contribution in [1.82, 2.24) is 19.8 Å². The highest BCUT2D eigenvalue weighted by atomic mass is 16.5. The number of primary amides is 1. The molecule has 5 aromatic rings. The van der Waals surface area contributed by atoms with Crippen LogP contribution in [-0.2, 0) is 22.6 Å². The second kappa shape index (κ2) is 16.9. The summed E-state index contributed by atoms with van der Waals surface area (Å²) in [5.41, 5.74) is 11.4. The number of terminal acetylenes is 1. The molecule has 1 aliphatic heterocycles. The number of H-pyrrole nitrogens is 2. The average molecular weight is 620 g/mol. The van der Waals surface area contributed by atoms with E-state index >= 15 is 0 Å². The quantitative estimate of drug-likeness (QED) is 0.161. The predicted octanol–water partition coefficient (Wildman–Crippen LogP) is 6.24. The third-order valence-corrected chi connectivity index (χ3v) is 8.58. The summed E-state index contributed by atoms with van der Waals surface area (Å²) >= 11 is 0. The number of fused-ring (bicyclic) bond motifs is 2. The lowest BCUT2D eigenvalue weighted by Gasteiger charge is -2.30. The van der Waals surface area contributed by atoms with Crippen molar-refractivity contribution in [2.45, 2.75) is 45.1 Å². The van der Waals surface area contributed by atoms with Gasteiger partial charge in [-0.2, -0.15) is 0 Å². The van der Waals surface area contributed by atoms with Gasteiger partial charge in [0.25, 0.3) is 0 Å². The summed E-state index contributed by atoms with van der Waals surface area (Å²) in [6.45, 7) is 5.22. The van der Waals surface area contributed by atoms with Gasteiger partial charge in [0.15, 0.2) is 0 Å². The summed E-state index contributed by atoms with van der Waals surface area (Å²) in [6.07, 6.45) is 16.3. The molecule has 3 heterocycles. The highest BCUT2D eigenvalue weighted by molar-refractivity contribution is 5.84. The number of likely N-dealkylation sites (tertiary alicyclic amines) is 1. The second-order valence-corrected chi connectivity index (χ2v) is 11.5. The lowest BCUT2D eigenvalue weighted by Crippen LogP contribution is -2.39. The zero-order valence-electron chi connectivity index (χ0n) is 26.9. The normalized spacial score (nSPS) is 13.3. The Bertz CT molecular complexity index is 1730. The zero-order valence-corrected chi connectivity index (χ0v) is 26.9. The third-order valence-electron chi connectivity index (χ3n) is 8.58. The van der Waals surface area contributed by atoms with Crippen molar-refractivity contribution >= 4 is 33.6 Å². The average Bonchev–Trinajstić information content (AvgIpc) is 3.70. The number of aryl methyl sites for hydroxylation is 1. The number of hydrogen-bond acceptors (Lipinski definition) is 4. The maximum absolute atomic E-state index is 12.0. The smallest absolute Gasteiger partial charge is 0.231 e. The van der Waals surface area contributed by atoms with Gasteiger partial charge in [0.1, 0.15) is 5.75 Å². The van der Waals surface area contributed by atoms with Crippen molar-refractivity contribution in [1.29, 1.82) is 0 Å². The number of amides is 2. The molecule has 0 saturated carbocycles. The second-order valence-electron chi connectivity index (χ2n) is 11.5. The number of nitrogens with zero attached hydrogens (tertiary/aromatic N) is 2. The van der Waals surface area contributed by atoms with Crippen LogP contribution >= 0.6 is 0 Å². The van der Waals surface area contributed by atoms with Crippen LogP contribution in [0.5, 0.6) is 5.75 Å². The number of carbonyl (C=O) groups is 2. The van der Waals surface area contributed by atoms with Crippen LogP contribution < -0.4 is 10.5 Å². The number of nitrogens with two attached hydrogens (primary N) is 1. The van der Waals surface area contributed by atoms with Gasteiger partial charge in [-0.25, -0.2) is 0 Å². The first kappa shape index (κ1) is 33.9. The number of ether oxygens (including phenoxy) is 1. The van der Waals surface area contributed by atoms with E-state index in [2.05, 4.69) is 82.6 Å². The maximum atomic E-state index is 12.0. The Balaban J connectivity index is 0.000000204. The maximum Gasteiger partial charge on any atom is 0.231 e. The number of rotatable bonds is 10. The molecule has 4 N–H and O–H groups in total. The van der Waals surface area contributed by atoms with E-state index in [1.807, 2.05) is 35.2 Å². The molecule has 3 aromatic carbocycles. The largest absolute Gasteiger partial charge is 0.496 e. The molecule has 0 atom stereocenters. The van der Waals surface area contributed by atoms with E-state index < -0.39 is 0 Å². The predicted molar refractivity (Wildman–Crippen MR) is 187 cm³/mol. The van der Waals surface area contributed by atoms with Gasteiger partial charge in [-0.05, 0) is 74.0 Å². The van der Waals surface area contributed by atoms with E-state index in [9.17, 15) is 9.59 Å². The molecule has 0 spiro atoms. The van der Waals surface area contributed by atoms with E-state index in [0.717, 1.165) is 62.1 Å². The van der Waals surface area contributed by atoms with Gasteiger partial charge in [-0.15, -0.1) is 12.8 Å². The molecular weight excluding hydrogens is 574 g/mol. The summed E-state index contributed by atoms with van der Waals surface area (Å²) in [5.74, 6) is 1.26. The number of nitrogens with one attached hydrogen (secondary N) is 2. The molecule has 8 nitrogen and oxygen atoms in total. The van der Waals surface area contributed by atoms with Crippen molar-refractivity contribution < 1.29 is 14.3 Å². The van der Waals surface area contributed by atoms with Gasteiger partial charge >= 0.3 is 0 Å². The minimum Gasteiger partial charge on any atom is -0.496 e. The van der Waals surface area contributed by atoms with Crippen molar-refractivity contribution in [3.8, 4) is 18.6 Å². The Morgan fingerprint density at radius 1 is 0.891 bits per heavy atom. The Hall–Kier alpha value is -5.00. The monoisotopic (exact) mass is 619 g/mol. The molecule has 2 amide bonds. The molecule has 0 radical (unpaired) electrons. The fourth-order valence-corrected chi connectivity index (χ4v) is 6.24. The summed E-state index contributed by atoms with van der Waals surface area (Å²) in [5, 5.41) is 2.59. The summed E-state index contributed by atoms with van der Waals surface area (Å²) in [4.78, 5) is 33.6. The number of aromatic amines is 2. The van der Waals surface area contributed by atoms with Crippen LogP contribution in [0.4, 0.5) is 0 Å². The molecule has 1 aliphatic rings. The number of carbonyl (C=O) groups excluding carboxylic acids is 2. The van der Waals surface area contributed by atoms with Crippen molar-refractivity contribution in [3.63, 3.8) is 0 Å². The van der Waals surface area contributed by atoms with Crippen LogP contribution in [0.2, 0.25) is 0 Å². The van der Waals surface area contributed by atoms with E-state index in [1.54, 1.807) is 14.0 Å². The zero-order chi connectivity index (χ0) is 32.9. The number of piperidine rings is 1. The van der Waals surface area contributed by atoms with Gasteiger partial charge in [0, 0.05) is 59.8 Å². The lowest BCUT2D eigenvalue weighted by atomic mass is 9.89. The van der Waals surface area contributed by atoms with E-state index in [4.69, 9.17) is 10.5 Å². The van der Waals surface area contributed by atoms with Crippen LogP contribution in [0.1, 0.15) is 48.8 Å². The Labute approximate surface area is 271 Å². The topological polar surface area (TPSA) is 107 Å². The highest BCUT2D eigenvalue weighted by Crippen LogP contribution is 2.33.